The Kier molecular flexibility index (Phi) is 20.7. The fraction of sp³-hybridized carbons (Fsp3) is 0.452. The van der Waals surface area contributed by atoms with Gasteiger partial charge in [-0.2, -0.15) is 0 Å². The molecule has 1 saturated carbocycles. The Balaban J connectivity index is 0.000000326. The minimum absolute atomic E-state index is 0. The molecule has 0 radical (unpaired) electrons. The maximum Gasteiger partial charge on any atom is 0.411 e. The highest BCUT2D eigenvalue weighted by Crippen LogP contribution is 2.47. The predicted octanol–water partition coefficient (Wildman–Crippen LogP) is 7.34. The zero-order chi connectivity index (χ0) is 61.7. The first kappa shape index (κ1) is 65.6. The van der Waals surface area contributed by atoms with Crippen LogP contribution in [0.15, 0.2) is 116 Å². The van der Waals surface area contributed by atoms with Crippen LogP contribution in [0.4, 0.5) is 21.2 Å². The van der Waals surface area contributed by atoms with Crippen molar-refractivity contribution < 1.29 is 58.2 Å². The molecule has 7 aromatic rings. The summed E-state index contributed by atoms with van der Waals surface area (Å²) in [4.78, 5) is 78.4. The summed E-state index contributed by atoms with van der Waals surface area (Å²) in [5, 5.41) is 35.7. The first-order valence-electron chi connectivity index (χ1n) is 28.4. The van der Waals surface area contributed by atoms with E-state index in [1.165, 1.54) is 17.6 Å². The molecule has 2 amide bonds. The van der Waals surface area contributed by atoms with Crippen LogP contribution in [-0.2, 0) is 38.9 Å². The number of carbonyl (C=O) groups is 4. The number of aromatic amines is 2. The standard InChI is InChI=1S/C45H54N6O8.C17H25N5O4.ClH/c1-27(2)33(50-41(54)58-43(3,4)5)40(53)57-38-32(25-56-45(28-18-12-9-13-19-28,29-20-14-10-15-21-29)30-22-16-11-17-23-30)51(42(55)59-44(6,7)8)36(37(38)52)31-24-47-35-34(31)48-26-49-39(35)46;1-7(2)11(18)17(25)26-15-8(5-23)3-9(14(15)24)10-4-20-13-12(10)21-6-22-16(13)19;/h9-24,26-27,32-33,36-38,47,52H,25H2,1-8H3,(H,50,54)(H2,46,48,49);4,6-9,11,14-15,20,23-24H,3,5,18H2,1-2H3,(H2,19,21,22);1H/t32-,33+,36+,37+,38-;8-,9+,11+,14+,15-;/m11./s1. The molecule has 1 saturated heterocycles. The van der Waals surface area contributed by atoms with Gasteiger partial charge in [0.25, 0.3) is 0 Å². The Labute approximate surface area is 505 Å². The molecule has 2 aliphatic rings. The molecule has 3 aromatic carbocycles. The largest absolute Gasteiger partial charge is 0.458 e. The monoisotopic (exact) mass is 1210 g/mol. The highest BCUT2D eigenvalue weighted by Gasteiger charge is 2.57. The number of halogens is 1. The van der Waals surface area contributed by atoms with E-state index in [-0.39, 0.29) is 49.2 Å². The fourth-order valence-electron chi connectivity index (χ4n) is 11.0. The van der Waals surface area contributed by atoms with Gasteiger partial charge in [0.05, 0.1) is 35.8 Å². The molecule has 0 unspecified atom stereocenters. The molecule has 0 bridgehead atoms. The quantitative estimate of drug-likeness (QED) is 0.0259. The Hall–Kier alpha value is -7.93. The topological polar surface area (TPSA) is 352 Å². The van der Waals surface area contributed by atoms with E-state index in [2.05, 4.69) is 35.2 Å². The van der Waals surface area contributed by atoms with Crippen molar-refractivity contribution in [1.82, 2.24) is 40.1 Å². The highest BCUT2D eigenvalue weighted by atomic mass is 35.5. The Morgan fingerprint density at radius 2 is 1.15 bits per heavy atom. The lowest BCUT2D eigenvalue weighted by Crippen LogP contribution is -2.52. The van der Waals surface area contributed by atoms with Crippen LogP contribution < -0.4 is 22.5 Å². The van der Waals surface area contributed by atoms with Crippen LogP contribution in [0.25, 0.3) is 22.1 Å². The number of likely N-dealkylation sites (tertiary alicyclic amines) is 1. The summed E-state index contributed by atoms with van der Waals surface area (Å²) in [5.41, 5.74) is 20.3. The number of alkyl carbamates (subject to hydrolysis) is 1. The normalized spacial score (nSPS) is 21.3. The molecule has 4 aromatic heterocycles. The number of amides is 2. The third-order valence-electron chi connectivity index (χ3n) is 15.2. The van der Waals surface area contributed by atoms with Crippen LogP contribution >= 0.6 is 12.4 Å². The number of hydrogen-bond donors (Lipinski definition) is 9. The number of fused-ring (bicyclic) bond motifs is 2. The zero-order valence-corrected chi connectivity index (χ0v) is 50.7. The molecule has 1 aliphatic heterocycles. The lowest BCUT2D eigenvalue weighted by Gasteiger charge is -2.39. The number of benzene rings is 3. The fourth-order valence-corrected chi connectivity index (χ4v) is 11.0. The number of anilines is 2. The van der Waals surface area contributed by atoms with Crippen LogP contribution in [0.5, 0.6) is 0 Å². The molecule has 2 fully saturated rings. The molecule has 9 rings (SSSR count). The van der Waals surface area contributed by atoms with Gasteiger partial charge in [0.2, 0.25) is 0 Å². The van der Waals surface area contributed by atoms with Crippen LogP contribution in [0, 0.1) is 17.8 Å². The van der Waals surface area contributed by atoms with E-state index in [1.54, 1.807) is 67.8 Å². The van der Waals surface area contributed by atoms with Gasteiger partial charge in [0, 0.05) is 42.0 Å². The van der Waals surface area contributed by atoms with Crippen molar-refractivity contribution in [1.29, 1.82) is 0 Å². The summed E-state index contributed by atoms with van der Waals surface area (Å²) in [7, 11) is 0. The maximum absolute atomic E-state index is 14.7. The van der Waals surface area contributed by atoms with Gasteiger partial charge >= 0.3 is 24.1 Å². The first-order chi connectivity index (χ1) is 40.3. The number of aromatic nitrogens is 6. The van der Waals surface area contributed by atoms with Crippen LogP contribution in [-0.4, -0.2) is 141 Å². The predicted molar refractivity (Wildman–Crippen MR) is 324 cm³/mol. The molecule has 10 atom stereocenters. The van der Waals surface area contributed by atoms with Crippen LogP contribution in [0.2, 0.25) is 0 Å². The average Bonchev–Trinajstić information content (AvgIpc) is 1.64. The van der Waals surface area contributed by atoms with Gasteiger partial charge in [-0.1, -0.05) is 119 Å². The van der Waals surface area contributed by atoms with Gasteiger partial charge in [0.15, 0.2) is 17.7 Å². The number of carbonyl (C=O) groups excluding carboxylic acids is 4. The Bertz CT molecular complexity index is 3320. The second kappa shape index (κ2) is 27.2. The van der Waals surface area contributed by atoms with Gasteiger partial charge < -0.3 is 71.5 Å². The number of nitrogen functional groups attached to an aromatic ring is 2. The number of esters is 2. The van der Waals surface area contributed by atoms with Gasteiger partial charge in [-0.15, -0.1) is 12.4 Å². The van der Waals surface area contributed by atoms with Crippen molar-refractivity contribution in [2.45, 2.75) is 147 Å². The van der Waals surface area contributed by atoms with Gasteiger partial charge in [-0.3, -0.25) is 9.69 Å². The van der Waals surface area contributed by atoms with Crippen molar-refractivity contribution >= 4 is 70.2 Å². The summed E-state index contributed by atoms with van der Waals surface area (Å²) >= 11 is 0. The van der Waals surface area contributed by atoms with E-state index in [9.17, 15) is 34.5 Å². The van der Waals surface area contributed by atoms with E-state index in [1.807, 2.05) is 105 Å². The lowest BCUT2D eigenvalue weighted by molar-refractivity contribution is -0.161. The van der Waals surface area contributed by atoms with E-state index in [0.717, 1.165) is 22.3 Å². The van der Waals surface area contributed by atoms with E-state index >= 15 is 0 Å². The van der Waals surface area contributed by atoms with E-state index < -0.39 is 95.4 Å². The molecule has 1 aliphatic carbocycles. The number of ether oxygens (including phenoxy) is 5. The van der Waals surface area contributed by atoms with Gasteiger partial charge in [-0.05, 0) is 76.5 Å². The lowest BCUT2D eigenvalue weighted by atomic mass is 9.80. The second-order valence-corrected chi connectivity index (χ2v) is 24.1. The van der Waals surface area contributed by atoms with Crippen molar-refractivity contribution in [3.05, 3.63) is 144 Å². The molecule has 86 heavy (non-hydrogen) atoms. The van der Waals surface area contributed by atoms with E-state index in [0.29, 0.717) is 39.9 Å². The molecular weight excluding hydrogens is 1130 g/mol. The molecule has 23 nitrogen and oxygen atoms in total. The molecule has 24 heteroatoms. The van der Waals surface area contributed by atoms with E-state index in [4.69, 9.17) is 40.9 Å². The summed E-state index contributed by atoms with van der Waals surface area (Å²) < 4.78 is 30.5. The summed E-state index contributed by atoms with van der Waals surface area (Å²) in [6.07, 6.45) is -0.0103. The molecule has 5 heterocycles. The minimum Gasteiger partial charge on any atom is -0.458 e. The molecular formula is C62H80ClN11O12. The first-order valence-corrected chi connectivity index (χ1v) is 28.4. The van der Waals surface area contributed by atoms with Crippen molar-refractivity contribution in [3.8, 4) is 0 Å². The SMILES string of the molecule is CC(C)[C@H](N)C(=O)O[C@@H]1[C@@H](CO)C[C@@H](c2c[nH]c3c(N)ncnc23)[C@@H]1O.CC(C)[C@H](NC(=O)OC(C)(C)C)C(=O)O[C@H]1[C@@H](O)[C@H](c2c[nH]c3c(N)ncnc23)N(C(=O)OC(C)(C)C)[C@@H]1COC(c1ccccc1)(c1ccccc1)c1ccccc1.Cl. The molecule has 0 spiro atoms. The summed E-state index contributed by atoms with van der Waals surface area (Å²) in [5.74, 6) is -2.24. The van der Waals surface area contributed by atoms with Crippen molar-refractivity contribution in [2.75, 3.05) is 24.7 Å². The third kappa shape index (κ3) is 14.1. The number of nitrogens with one attached hydrogen (secondary N) is 3. The van der Waals surface area contributed by atoms with Crippen LogP contribution in [0.1, 0.15) is 115 Å². The number of aliphatic hydroxyl groups is 3. The molecule has 12 N–H and O–H groups in total. The highest BCUT2D eigenvalue weighted by molar-refractivity contribution is 5.89. The maximum atomic E-state index is 14.7. The Morgan fingerprint density at radius 3 is 1.62 bits per heavy atom. The van der Waals surface area contributed by atoms with Gasteiger partial charge in [0.1, 0.15) is 64.8 Å². The third-order valence-corrected chi connectivity index (χ3v) is 15.2. The number of aliphatic hydroxyl groups excluding tert-OH is 3. The van der Waals surface area contributed by atoms with Crippen LogP contribution in [0.3, 0.4) is 0 Å². The number of H-pyrrole nitrogens is 2. The van der Waals surface area contributed by atoms with Crippen molar-refractivity contribution in [3.63, 3.8) is 0 Å². The Morgan fingerprint density at radius 1 is 0.674 bits per heavy atom. The summed E-state index contributed by atoms with van der Waals surface area (Å²) in [6, 6.07) is 24.7. The average molecular weight is 1210 g/mol. The second-order valence-electron chi connectivity index (χ2n) is 24.1. The number of nitrogens with two attached hydrogens (primary N) is 3. The number of nitrogens with zero attached hydrogens (tertiary/aromatic N) is 5. The van der Waals surface area contributed by atoms with Gasteiger partial charge in [-0.25, -0.2) is 34.3 Å². The summed E-state index contributed by atoms with van der Waals surface area (Å²) in [6.45, 7) is 17.0. The smallest absolute Gasteiger partial charge is 0.411 e. The number of hydrogen-bond acceptors (Lipinski definition) is 19. The number of rotatable bonds is 16. The zero-order valence-electron chi connectivity index (χ0n) is 49.9. The molecule has 462 valence electrons. The minimum atomic E-state index is -1.57. The van der Waals surface area contributed by atoms with Crippen molar-refractivity contribution in [2.24, 2.45) is 23.5 Å².